The van der Waals surface area contributed by atoms with Gasteiger partial charge in [0.05, 0.1) is 19.8 Å². The Hall–Kier alpha value is -1.91. The zero-order valence-corrected chi connectivity index (χ0v) is 15.3. The van der Waals surface area contributed by atoms with Gasteiger partial charge in [0, 0.05) is 11.6 Å². The molecule has 2 aliphatic carbocycles. The molecule has 0 aromatic heterocycles. The van der Waals surface area contributed by atoms with Gasteiger partial charge in [-0.3, -0.25) is 0 Å². The summed E-state index contributed by atoms with van der Waals surface area (Å²) in [7, 11) is 1.68. The summed E-state index contributed by atoms with van der Waals surface area (Å²) < 4.78 is 11.8. The largest absolute Gasteiger partial charge is 0.493 e. The van der Waals surface area contributed by atoms with Gasteiger partial charge in [0.15, 0.2) is 17.5 Å². The molecule has 5 heteroatoms. The van der Waals surface area contributed by atoms with Crippen LogP contribution >= 0.6 is 0 Å². The van der Waals surface area contributed by atoms with Crippen LogP contribution in [0.2, 0.25) is 0 Å². The Morgan fingerprint density at radius 3 is 2.56 bits per heavy atom. The Balaban J connectivity index is 1.66. The second kappa shape index (κ2) is 8.97. The number of rotatable bonds is 6. The highest BCUT2D eigenvalue weighted by Gasteiger charge is 2.20. The van der Waals surface area contributed by atoms with Crippen molar-refractivity contribution in [2.45, 2.75) is 76.5 Å². The van der Waals surface area contributed by atoms with E-state index in [1.807, 2.05) is 18.2 Å². The third-order valence-electron chi connectivity index (χ3n) is 5.24. The number of benzene rings is 1. The third kappa shape index (κ3) is 5.03. The molecule has 5 nitrogen and oxygen atoms in total. The lowest BCUT2D eigenvalue weighted by atomic mass is 9.96. The first-order valence-electron chi connectivity index (χ1n) is 9.65. The first-order valence-corrected chi connectivity index (χ1v) is 9.65. The monoisotopic (exact) mass is 345 g/mol. The number of guanidine groups is 1. The van der Waals surface area contributed by atoms with E-state index in [9.17, 15) is 0 Å². The molecule has 0 bridgehead atoms. The van der Waals surface area contributed by atoms with Crippen molar-refractivity contribution in [3.63, 3.8) is 0 Å². The van der Waals surface area contributed by atoms with Crippen molar-refractivity contribution in [1.29, 1.82) is 0 Å². The molecule has 0 amide bonds. The molecule has 0 radical (unpaired) electrons. The van der Waals surface area contributed by atoms with Crippen LogP contribution in [-0.2, 0) is 6.54 Å². The molecular formula is C20H31N3O2. The summed E-state index contributed by atoms with van der Waals surface area (Å²) in [5.41, 5.74) is 7.13. The fraction of sp³-hybridized carbons (Fsp3) is 0.650. The number of nitrogens with two attached hydrogens (primary N) is 1. The van der Waals surface area contributed by atoms with E-state index in [4.69, 9.17) is 15.2 Å². The molecule has 0 saturated heterocycles. The van der Waals surface area contributed by atoms with Crippen molar-refractivity contribution in [3.8, 4) is 11.5 Å². The number of hydrogen-bond acceptors (Lipinski definition) is 3. The molecule has 1 aromatic carbocycles. The molecule has 25 heavy (non-hydrogen) atoms. The lowest BCUT2D eigenvalue weighted by Gasteiger charge is -2.23. The number of methoxy groups -OCH3 is 1. The van der Waals surface area contributed by atoms with Crippen LogP contribution in [0.25, 0.3) is 0 Å². The topological polar surface area (TPSA) is 68.9 Å². The van der Waals surface area contributed by atoms with Gasteiger partial charge in [0.2, 0.25) is 0 Å². The van der Waals surface area contributed by atoms with Crippen molar-refractivity contribution in [1.82, 2.24) is 5.32 Å². The zero-order valence-electron chi connectivity index (χ0n) is 15.3. The summed E-state index contributed by atoms with van der Waals surface area (Å²) in [6.45, 7) is 0.505. The van der Waals surface area contributed by atoms with Crippen LogP contribution in [-0.4, -0.2) is 25.2 Å². The molecule has 3 N–H and O–H groups in total. The second-order valence-electron chi connectivity index (χ2n) is 7.15. The van der Waals surface area contributed by atoms with Gasteiger partial charge < -0.3 is 20.5 Å². The lowest BCUT2D eigenvalue weighted by Crippen LogP contribution is -2.41. The van der Waals surface area contributed by atoms with Gasteiger partial charge in [-0.05, 0) is 44.6 Å². The van der Waals surface area contributed by atoms with Crippen molar-refractivity contribution >= 4 is 5.96 Å². The molecule has 0 heterocycles. The smallest absolute Gasteiger partial charge is 0.189 e. The predicted molar refractivity (Wildman–Crippen MR) is 101 cm³/mol. The second-order valence-corrected chi connectivity index (χ2v) is 7.15. The normalized spacial score (nSPS) is 19.8. The van der Waals surface area contributed by atoms with E-state index < -0.39 is 0 Å². The van der Waals surface area contributed by atoms with Crippen LogP contribution in [0, 0.1) is 0 Å². The molecule has 0 unspecified atom stereocenters. The van der Waals surface area contributed by atoms with Crippen molar-refractivity contribution in [3.05, 3.63) is 23.8 Å². The van der Waals surface area contributed by atoms with Crippen LogP contribution in [0.15, 0.2) is 23.2 Å². The molecule has 2 saturated carbocycles. The highest BCUT2D eigenvalue weighted by molar-refractivity contribution is 5.78. The Morgan fingerprint density at radius 2 is 1.84 bits per heavy atom. The molecule has 3 rings (SSSR count). The van der Waals surface area contributed by atoms with Crippen molar-refractivity contribution < 1.29 is 9.47 Å². The van der Waals surface area contributed by atoms with Gasteiger partial charge in [0.25, 0.3) is 0 Å². The number of nitrogens with zero attached hydrogens (tertiary/aromatic N) is 1. The number of para-hydroxylation sites is 1. The molecule has 2 aliphatic rings. The first kappa shape index (κ1) is 17.9. The van der Waals surface area contributed by atoms with E-state index in [0.717, 1.165) is 29.9 Å². The van der Waals surface area contributed by atoms with Crippen LogP contribution in [0.5, 0.6) is 11.5 Å². The fourth-order valence-electron chi connectivity index (χ4n) is 3.83. The summed E-state index contributed by atoms with van der Waals surface area (Å²) in [5.74, 6) is 2.13. The first-order chi connectivity index (χ1) is 12.3. The van der Waals surface area contributed by atoms with Gasteiger partial charge in [-0.25, -0.2) is 4.99 Å². The van der Waals surface area contributed by atoms with Gasteiger partial charge in [-0.15, -0.1) is 0 Å². The average molecular weight is 345 g/mol. The standard InChI is InChI=1S/C20H31N3O2/c1-24-18-13-7-8-15(19(18)25-17-11-5-6-12-17)14-22-20(21)23-16-9-3-2-4-10-16/h7-8,13,16-17H,2-6,9-12,14H2,1H3,(H3,21,22,23). The van der Waals surface area contributed by atoms with Crippen LogP contribution < -0.4 is 20.5 Å². The Bertz CT molecular complexity index is 576. The van der Waals surface area contributed by atoms with E-state index >= 15 is 0 Å². The maximum absolute atomic E-state index is 6.26. The van der Waals surface area contributed by atoms with E-state index in [-0.39, 0.29) is 6.10 Å². The minimum Gasteiger partial charge on any atom is -0.493 e. The van der Waals surface area contributed by atoms with Crippen LogP contribution in [0.1, 0.15) is 63.4 Å². The molecule has 0 atom stereocenters. The highest BCUT2D eigenvalue weighted by Crippen LogP contribution is 2.35. The predicted octanol–water partition coefficient (Wildman–Crippen LogP) is 3.75. The van der Waals surface area contributed by atoms with Crippen molar-refractivity contribution in [2.75, 3.05) is 7.11 Å². The number of nitrogens with one attached hydrogen (secondary N) is 1. The van der Waals surface area contributed by atoms with Crippen LogP contribution in [0.3, 0.4) is 0 Å². The van der Waals surface area contributed by atoms with E-state index in [0.29, 0.717) is 18.5 Å². The number of aliphatic imine (C=N–C) groups is 1. The van der Waals surface area contributed by atoms with Crippen LogP contribution in [0.4, 0.5) is 0 Å². The van der Waals surface area contributed by atoms with Gasteiger partial charge in [-0.2, -0.15) is 0 Å². The summed E-state index contributed by atoms with van der Waals surface area (Å²) in [4.78, 5) is 4.55. The summed E-state index contributed by atoms with van der Waals surface area (Å²) in [6, 6.07) is 6.44. The molecule has 0 spiro atoms. The van der Waals surface area contributed by atoms with Gasteiger partial charge in [-0.1, -0.05) is 31.4 Å². The molecular weight excluding hydrogens is 314 g/mol. The van der Waals surface area contributed by atoms with E-state index in [1.165, 1.54) is 44.9 Å². The fourth-order valence-corrected chi connectivity index (χ4v) is 3.83. The summed E-state index contributed by atoms with van der Waals surface area (Å²) in [6.07, 6.45) is 11.3. The van der Waals surface area contributed by atoms with Crippen molar-refractivity contribution in [2.24, 2.45) is 10.7 Å². The zero-order chi connectivity index (χ0) is 17.5. The Kier molecular flexibility index (Phi) is 6.42. The van der Waals surface area contributed by atoms with Gasteiger partial charge in [0.1, 0.15) is 0 Å². The molecule has 1 aromatic rings. The molecule has 138 valence electrons. The van der Waals surface area contributed by atoms with E-state index in [2.05, 4.69) is 10.3 Å². The molecule has 2 fully saturated rings. The third-order valence-corrected chi connectivity index (χ3v) is 5.24. The average Bonchev–Trinajstić information content (AvgIpc) is 3.15. The SMILES string of the molecule is COc1cccc(CN=C(N)NC2CCCCC2)c1OC1CCCC1. The lowest BCUT2D eigenvalue weighted by molar-refractivity contribution is 0.198. The minimum absolute atomic E-state index is 0.289. The Labute approximate surface area is 151 Å². The summed E-state index contributed by atoms with van der Waals surface area (Å²) in [5, 5.41) is 3.37. The quantitative estimate of drug-likeness (QED) is 0.608. The number of ether oxygens (including phenoxy) is 2. The van der Waals surface area contributed by atoms with E-state index in [1.54, 1.807) is 7.11 Å². The Morgan fingerprint density at radius 1 is 1.12 bits per heavy atom. The highest BCUT2D eigenvalue weighted by atomic mass is 16.5. The maximum Gasteiger partial charge on any atom is 0.189 e. The maximum atomic E-state index is 6.26. The number of hydrogen-bond donors (Lipinski definition) is 2. The summed E-state index contributed by atoms with van der Waals surface area (Å²) >= 11 is 0. The van der Waals surface area contributed by atoms with Gasteiger partial charge >= 0.3 is 0 Å². The minimum atomic E-state index is 0.289. The molecule has 0 aliphatic heterocycles.